The minimum Gasteiger partial charge on any atom is -0.369 e. The number of nitrogens with two attached hydrogens (primary N) is 1. The smallest absolute Gasteiger partial charge is 0.369 e. The van der Waals surface area contributed by atoms with Crippen LogP contribution in [0.15, 0.2) is 42.7 Å². The van der Waals surface area contributed by atoms with E-state index in [4.69, 9.17) is 5.73 Å². The predicted octanol–water partition coefficient (Wildman–Crippen LogP) is 3.95. The Morgan fingerprint density at radius 3 is 2.49 bits per heavy atom. The van der Waals surface area contributed by atoms with Crippen LogP contribution in [-0.2, 0) is 17.5 Å². The van der Waals surface area contributed by atoms with E-state index >= 15 is 0 Å². The van der Waals surface area contributed by atoms with Crippen LogP contribution in [0.2, 0.25) is 0 Å². The highest BCUT2D eigenvalue weighted by atomic mass is 19.4. The number of likely N-dealkylation sites (tertiary alicyclic amines) is 1. The van der Waals surface area contributed by atoms with Crippen molar-refractivity contribution in [1.82, 2.24) is 19.9 Å². The molecule has 1 aliphatic heterocycles. The normalized spacial score (nSPS) is 14.5. The summed E-state index contributed by atoms with van der Waals surface area (Å²) in [5.74, 6) is -1.69. The van der Waals surface area contributed by atoms with E-state index in [1.54, 1.807) is 19.1 Å². The third-order valence-corrected chi connectivity index (χ3v) is 6.12. The number of anilines is 1. The van der Waals surface area contributed by atoms with Gasteiger partial charge >= 0.3 is 6.18 Å². The van der Waals surface area contributed by atoms with Gasteiger partial charge in [-0.3, -0.25) is 14.6 Å². The molecule has 1 aliphatic rings. The molecule has 8 nitrogen and oxygen atoms in total. The Balaban J connectivity index is 1.66. The fourth-order valence-electron chi connectivity index (χ4n) is 4.00. The Labute approximate surface area is 209 Å². The second-order valence-corrected chi connectivity index (χ2v) is 8.84. The monoisotopic (exact) mass is 516 g/mol. The van der Waals surface area contributed by atoms with Crippen LogP contribution in [-0.4, -0.2) is 44.8 Å². The molecule has 194 valence electrons. The lowest BCUT2D eigenvalue weighted by Gasteiger charge is -2.30. The van der Waals surface area contributed by atoms with Crippen molar-refractivity contribution < 1.29 is 27.2 Å². The Morgan fingerprint density at radius 2 is 1.84 bits per heavy atom. The molecule has 4 rings (SSSR count). The highest BCUT2D eigenvalue weighted by Gasteiger charge is 2.32. The van der Waals surface area contributed by atoms with Crippen LogP contribution in [0.25, 0.3) is 11.4 Å². The minimum atomic E-state index is -4.63. The first-order chi connectivity index (χ1) is 17.5. The molecule has 2 amide bonds. The number of rotatable bonds is 6. The fraction of sp³-hybridized carbons (Fsp3) is 0.320. The maximum absolute atomic E-state index is 14.3. The summed E-state index contributed by atoms with van der Waals surface area (Å²) in [6.07, 6.45) is -1.99. The van der Waals surface area contributed by atoms with Gasteiger partial charge < -0.3 is 16.0 Å². The molecule has 1 fully saturated rings. The zero-order chi connectivity index (χ0) is 26.7. The number of primary amides is 1. The molecule has 1 saturated heterocycles. The Bertz CT molecular complexity index is 1320. The van der Waals surface area contributed by atoms with E-state index in [1.807, 2.05) is 0 Å². The van der Waals surface area contributed by atoms with Crippen molar-refractivity contribution in [1.29, 1.82) is 0 Å². The summed E-state index contributed by atoms with van der Waals surface area (Å²) in [5.41, 5.74) is 5.36. The van der Waals surface area contributed by atoms with E-state index in [1.165, 1.54) is 23.2 Å². The molecule has 2 aromatic heterocycles. The summed E-state index contributed by atoms with van der Waals surface area (Å²) in [6, 6.07) is 6.93. The quantitative estimate of drug-likeness (QED) is 0.480. The second kappa shape index (κ2) is 10.5. The number of nitrogens with zero attached hydrogens (tertiary/aromatic N) is 4. The van der Waals surface area contributed by atoms with Crippen molar-refractivity contribution >= 4 is 17.6 Å². The number of piperidine rings is 1. The van der Waals surface area contributed by atoms with E-state index in [0.29, 0.717) is 24.6 Å². The first-order valence-corrected chi connectivity index (χ1v) is 11.5. The molecule has 12 heteroatoms. The second-order valence-electron chi connectivity index (χ2n) is 8.84. The van der Waals surface area contributed by atoms with Crippen molar-refractivity contribution in [2.45, 2.75) is 32.5 Å². The number of hydrogen-bond donors (Lipinski definition) is 2. The standard InChI is InChI=1S/C25H24F4N6O2/c1-14-2-3-16(19(26)8-14)12-32-21-10-20(24(37)35-6-4-15(5-7-35)22(30)36)33-23(34-21)17-9-18(13-31-11-17)25(27,28)29/h2-3,8-11,13,15H,4-7,12H2,1H3,(H2,30,36)(H,32,33,34). The summed E-state index contributed by atoms with van der Waals surface area (Å²) in [5, 5.41) is 2.93. The van der Waals surface area contributed by atoms with Gasteiger partial charge in [-0.25, -0.2) is 14.4 Å². The molecule has 0 spiro atoms. The Kier molecular flexibility index (Phi) is 7.37. The van der Waals surface area contributed by atoms with Gasteiger partial charge in [0, 0.05) is 55.1 Å². The molecule has 1 aromatic carbocycles. The highest BCUT2D eigenvalue weighted by molar-refractivity contribution is 5.93. The molecular weight excluding hydrogens is 492 g/mol. The number of halogens is 4. The van der Waals surface area contributed by atoms with Gasteiger partial charge in [0.05, 0.1) is 5.56 Å². The number of pyridine rings is 1. The number of hydrogen-bond acceptors (Lipinski definition) is 6. The van der Waals surface area contributed by atoms with Crippen LogP contribution in [0.4, 0.5) is 23.4 Å². The van der Waals surface area contributed by atoms with Gasteiger partial charge in [0.15, 0.2) is 5.82 Å². The van der Waals surface area contributed by atoms with Crippen molar-refractivity contribution in [3.63, 3.8) is 0 Å². The molecule has 0 aliphatic carbocycles. The summed E-state index contributed by atoms with van der Waals surface area (Å²) >= 11 is 0. The maximum atomic E-state index is 14.3. The van der Waals surface area contributed by atoms with Crippen LogP contribution in [0.5, 0.6) is 0 Å². The van der Waals surface area contributed by atoms with Gasteiger partial charge in [0.2, 0.25) is 5.91 Å². The molecule has 0 bridgehead atoms. The van der Waals surface area contributed by atoms with E-state index in [9.17, 15) is 27.2 Å². The van der Waals surface area contributed by atoms with E-state index in [0.717, 1.165) is 11.6 Å². The SMILES string of the molecule is Cc1ccc(CNc2cc(C(=O)N3CCC(C(N)=O)CC3)nc(-c3cncc(C(F)(F)F)c3)n2)c(F)c1. The van der Waals surface area contributed by atoms with Gasteiger partial charge in [0.25, 0.3) is 5.91 Å². The van der Waals surface area contributed by atoms with E-state index in [-0.39, 0.29) is 48.5 Å². The first kappa shape index (κ1) is 26.0. The number of aryl methyl sites for hydroxylation is 1. The average Bonchev–Trinajstić information content (AvgIpc) is 2.87. The van der Waals surface area contributed by atoms with Gasteiger partial charge in [-0.05, 0) is 37.5 Å². The Hall–Kier alpha value is -4.09. The van der Waals surface area contributed by atoms with Crippen LogP contribution in [0.3, 0.4) is 0 Å². The number of carbonyl (C=O) groups excluding carboxylic acids is 2. The topological polar surface area (TPSA) is 114 Å². The minimum absolute atomic E-state index is 0.0149. The molecular formula is C25H24F4N6O2. The van der Waals surface area contributed by atoms with Crippen LogP contribution in [0, 0.1) is 18.7 Å². The molecule has 3 heterocycles. The van der Waals surface area contributed by atoms with Crippen LogP contribution >= 0.6 is 0 Å². The van der Waals surface area contributed by atoms with Crippen molar-refractivity contribution in [2.24, 2.45) is 11.7 Å². The number of aromatic nitrogens is 3. The van der Waals surface area contributed by atoms with E-state index in [2.05, 4.69) is 20.3 Å². The zero-order valence-corrected chi connectivity index (χ0v) is 19.8. The summed E-state index contributed by atoms with van der Waals surface area (Å²) in [6.45, 7) is 2.31. The summed E-state index contributed by atoms with van der Waals surface area (Å²) < 4.78 is 54.1. The van der Waals surface area contributed by atoms with E-state index < -0.39 is 29.4 Å². The Morgan fingerprint density at radius 1 is 1.11 bits per heavy atom. The van der Waals surface area contributed by atoms with Crippen LogP contribution in [0.1, 0.15) is 40.0 Å². The van der Waals surface area contributed by atoms with Gasteiger partial charge in [-0.1, -0.05) is 12.1 Å². The highest BCUT2D eigenvalue weighted by Crippen LogP contribution is 2.31. The molecule has 3 aromatic rings. The van der Waals surface area contributed by atoms with Crippen LogP contribution < -0.4 is 11.1 Å². The third-order valence-electron chi connectivity index (χ3n) is 6.12. The lowest BCUT2D eigenvalue weighted by molar-refractivity contribution is -0.137. The first-order valence-electron chi connectivity index (χ1n) is 11.5. The predicted molar refractivity (Wildman–Crippen MR) is 127 cm³/mol. The number of alkyl halides is 3. The molecule has 3 N–H and O–H groups in total. The van der Waals surface area contributed by atoms with Crippen molar-refractivity contribution in [3.8, 4) is 11.4 Å². The lowest BCUT2D eigenvalue weighted by Crippen LogP contribution is -2.42. The number of carbonyl (C=O) groups is 2. The van der Waals surface area contributed by atoms with Crippen molar-refractivity contribution in [3.05, 3.63) is 70.9 Å². The maximum Gasteiger partial charge on any atom is 0.417 e. The van der Waals surface area contributed by atoms with Crippen molar-refractivity contribution in [2.75, 3.05) is 18.4 Å². The average molecular weight is 516 g/mol. The zero-order valence-electron chi connectivity index (χ0n) is 19.8. The molecule has 0 saturated carbocycles. The fourth-order valence-corrected chi connectivity index (χ4v) is 4.00. The summed E-state index contributed by atoms with van der Waals surface area (Å²) in [4.78, 5) is 38.3. The van der Waals surface area contributed by atoms with Gasteiger partial charge in [0.1, 0.15) is 17.3 Å². The van der Waals surface area contributed by atoms with Gasteiger partial charge in [-0.2, -0.15) is 13.2 Å². The lowest BCUT2D eigenvalue weighted by atomic mass is 9.96. The molecule has 0 atom stereocenters. The third kappa shape index (κ3) is 6.19. The molecule has 0 radical (unpaired) electrons. The largest absolute Gasteiger partial charge is 0.417 e. The number of nitrogens with one attached hydrogen (secondary N) is 1. The number of benzene rings is 1. The van der Waals surface area contributed by atoms with Gasteiger partial charge in [-0.15, -0.1) is 0 Å². The molecule has 0 unspecified atom stereocenters. The summed E-state index contributed by atoms with van der Waals surface area (Å²) in [7, 11) is 0. The number of amides is 2. The molecule has 37 heavy (non-hydrogen) atoms.